The Morgan fingerprint density at radius 2 is 1.86 bits per heavy atom. The van der Waals surface area contributed by atoms with Gasteiger partial charge in [-0.1, -0.05) is 12.1 Å². The van der Waals surface area contributed by atoms with Crippen LogP contribution in [0.5, 0.6) is 0 Å². The standard InChI is InChI=1S/C22H31N3O3/c1-2-28-21(26)17-11-9-16(10-12-17)14-23-22(27)25-15-18-6-5-13-24(18)19-7-3-4-8-20(19)25/h3-4,7-8,16-18H,2,5-6,9-15H2,1H3,(H,23,27)/t16?,17?,18-/m1/s1. The minimum Gasteiger partial charge on any atom is -0.466 e. The maximum absolute atomic E-state index is 13.0. The third-order valence-electron chi connectivity index (χ3n) is 6.51. The molecule has 2 aliphatic heterocycles. The Bertz CT molecular complexity index is 715. The van der Waals surface area contributed by atoms with Crippen molar-refractivity contribution in [3.63, 3.8) is 0 Å². The summed E-state index contributed by atoms with van der Waals surface area (Å²) in [6.45, 7) is 4.83. The molecule has 1 saturated heterocycles. The summed E-state index contributed by atoms with van der Waals surface area (Å²) >= 11 is 0. The van der Waals surface area contributed by atoms with Crippen molar-refractivity contribution in [1.82, 2.24) is 5.32 Å². The zero-order valence-corrected chi connectivity index (χ0v) is 16.7. The smallest absolute Gasteiger partial charge is 0.322 e. The van der Waals surface area contributed by atoms with Gasteiger partial charge in [-0.3, -0.25) is 9.69 Å². The number of hydrogen-bond donors (Lipinski definition) is 1. The first-order valence-corrected chi connectivity index (χ1v) is 10.7. The first-order chi connectivity index (χ1) is 13.7. The zero-order valence-electron chi connectivity index (χ0n) is 16.7. The average Bonchev–Trinajstić information content (AvgIpc) is 3.21. The fourth-order valence-electron chi connectivity index (χ4n) is 4.97. The third kappa shape index (κ3) is 3.82. The van der Waals surface area contributed by atoms with E-state index in [0.717, 1.165) is 50.9 Å². The molecular formula is C22H31N3O3. The molecule has 1 aliphatic carbocycles. The summed E-state index contributed by atoms with van der Waals surface area (Å²) in [6, 6.07) is 8.67. The number of anilines is 2. The molecular weight excluding hydrogens is 354 g/mol. The molecule has 6 nitrogen and oxygen atoms in total. The molecule has 2 fully saturated rings. The van der Waals surface area contributed by atoms with Gasteiger partial charge in [0.2, 0.25) is 0 Å². The summed E-state index contributed by atoms with van der Waals surface area (Å²) < 4.78 is 5.14. The Morgan fingerprint density at radius 3 is 2.61 bits per heavy atom. The van der Waals surface area contributed by atoms with E-state index in [9.17, 15) is 9.59 Å². The third-order valence-corrected chi connectivity index (χ3v) is 6.51. The van der Waals surface area contributed by atoms with Gasteiger partial charge in [0.25, 0.3) is 0 Å². The van der Waals surface area contributed by atoms with E-state index in [1.807, 2.05) is 24.0 Å². The number of rotatable bonds is 4. The van der Waals surface area contributed by atoms with Gasteiger partial charge in [0.15, 0.2) is 0 Å². The van der Waals surface area contributed by atoms with Crippen LogP contribution in [0.3, 0.4) is 0 Å². The lowest BCUT2D eigenvalue weighted by Gasteiger charge is -2.40. The molecule has 152 valence electrons. The molecule has 2 amide bonds. The maximum Gasteiger partial charge on any atom is 0.322 e. The Balaban J connectivity index is 1.32. The highest BCUT2D eigenvalue weighted by Gasteiger charge is 2.36. The minimum atomic E-state index is -0.0592. The van der Waals surface area contributed by atoms with Gasteiger partial charge in [-0.25, -0.2) is 4.79 Å². The van der Waals surface area contributed by atoms with E-state index in [4.69, 9.17) is 4.74 Å². The Labute approximate surface area is 167 Å². The molecule has 0 spiro atoms. The van der Waals surface area contributed by atoms with E-state index in [-0.39, 0.29) is 17.9 Å². The predicted octanol–water partition coefficient (Wildman–Crippen LogP) is 3.55. The number of ether oxygens (including phenoxy) is 1. The number of nitrogens with zero attached hydrogens (tertiary/aromatic N) is 2. The zero-order chi connectivity index (χ0) is 19.5. The highest BCUT2D eigenvalue weighted by Crippen LogP contribution is 2.39. The van der Waals surface area contributed by atoms with Crippen LogP contribution < -0.4 is 15.1 Å². The van der Waals surface area contributed by atoms with Crippen molar-refractivity contribution in [3.8, 4) is 0 Å². The van der Waals surface area contributed by atoms with Crippen LogP contribution in [0.15, 0.2) is 24.3 Å². The molecule has 0 unspecified atom stereocenters. The topological polar surface area (TPSA) is 61.9 Å². The number of benzene rings is 1. The first-order valence-electron chi connectivity index (χ1n) is 10.7. The van der Waals surface area contributed by atoms with E-state index in [1.54, 1.807) is 0 Å². The van der Waals surface area contributed by atoms with Crippen LogP contribution in [0.1, 0.15) is 45.4 Å². The first kappa shape index (κ1) is 19.1. The van der Waals surface area contributed by atoms with E-state index < -0.39 is 0 Å². The number of amides is 2. The van der Waals surface area contributed by atoms with Gasteiger partial charge in [0.1, 0.15) is 0 Å². The Hall–Kier alpha value is -2.24. The van der Waals surface area contributed by atoms with Crippen molar-refractivity contribution < 1.29 is 14.3 Å². The van der Waals surface area contributed by atoms with Crippen molar-refractivity contribution in [1.29, 1.82) is 0 Å². The fraction of sp³-hybridized carbons (Fsp3) is 0.636. The molecule has 1 aromatic rings. The number of para-hydroxylation sites is 2. The van der Waals surface area contributed by atoms with E-state index >= 15 is 0 Å². The van der Waals surface area contributed by atoms with Gasteiger partial charge in [-0.2, -0.15) is 0 Å². The van der Waals surface area contributed by atoms with Crippen molar-refractivity contribution in [3.05, 3.63) is 24.3 Å². The molecule has 3 aliphatic rings. The van der Waals surface area contributed by atoms with Crippen LogP contribution in [0, 0.1) is 11.8 Å². The molecule has 28 heavy (non-hydrogen) atoms. The Morgan fingerprint density at radius 1 is 1.11 bits per heavy atom. The highest BCUT2D eigenvalue weighted by molar-refractivity contribution is 5.97. The molecule has 1 N–H and O–H groups in total. The van der Waals surface area contributed by atoms with E-state index in [1.165, 1.54) is 12.1 Å². The predicted molar refractivity (Wildman–Crippen MR) is 110 cm³/mol. The van der Waals surface area contributed by atoms with Crippen molar-refractivity contribution in [2.45, 2.75) is 51.5 Å². The number of nitrogens with one attached hydrogen (secondary N) is 1. The lowest BCUT2D eigenvalue weighted by molar-refractivity contribution is -0.149. The van der Waals surface area contributed by atoms with Gasteiger partial charge in [0, 0.05) is 25.7 Å². The summed E-state index contributed by atoms with van der Waals surface area (Å²) in [5.74, 6) is 0.419. The monoisotopic (exact) mass is 385 g/mol. The van der Waals surface area contributed by atoms with Crippen LogP contribution in [0.25, 0.3) is 0 Å². The second kappa shape index (κ2) is 8.41. The quantitative estimate of drug-likeness (QED) is 0.805. The second-order valence-electron chi connectivity index (χ2n) is 8.24. The van der Waals surface area contributed by atoms with Gasteiger partial charge >= 0.3 is 12.0 Å². The summed E-state index contributed by atoms with van der Waals surface area (Å²) in [5, 5.41) is 3.16. The Kier molecular flexibility index (Phi) is 5.74. The van der Waals surface area contributed by atoms with Crippen LogP contribution in [0.2, 0.25) is 0 Å². The van der Waals surface area contributed by atoms with E-state index in [0.29, 0.717) is 25.1 Å². The molecule has 0 bridgehead atoms. The summed E-state index contributed by atoms with van der Waals surface area (Å²) in [4.78, 5) is 29.2. The van der Waals surface area contributed by atoms with Crippen LogP contribution in [-0.4, -0.2) is 44.3 Å². The fourth-order valence-corrected chi connectivity index (χ4v) is 4.97. The molecule has 1 saturated carbocycles. The average molecular weight is 386 g/mol. The molecule has 0 aromatic heterocycles. The highest BCUT2D eigenvalue weighted by atomic mass is 16.5. The molecule has 1 atom stereocenters. The SMILES string of the molecule is CCOC(=O)C1CCC(CNC(=O)N2C[C@H]3CCCN3c3ccccc32)CC1. The van der Waals surface area contributed by atoms with Crippen LogP contribution in [0.4, 0.5) is 16.2 Å². The maximum atomic E-state index is 13.0. The normalized spacial score (nSPS) is 26.4. The minimum absolute atomic E-state index is 0.00603. The number of urea groups is 1. The lowest BCUT2D eigenvalue weighted by atomic mass is 9.82. The van der Waals surface area contributed by atoms with Gasteiger partial charge in [-0.15, -0.1) is 0 Å². The second-order valence-corrected chi connectivity index (χ2v) is 8.24. The lowest BCUT2D eigenvalue weighted by Crippen LogP contribution is -2.52. The van der Waals surface area contributed by atoms with Gasteiger partial charge in [0.05, 0.1) is 23.9 Å². The summed E-state index contributed by atoms with van der Waals surface area (Å²) in [5.41, 5.74) is 2.20. The number of carbonyl (C=O) groups is 2. The molecule has 4 rings (SSSR count). The van der Waals surface area contributed by atoms with Crippen LogP contribution >= 0.6 is 0 Å². The summed E-state index contributed by atoms with van der Waals surface area (Å²) in [6.07, 6.45) is 6.01. The number of carbonyl (C=O) groups excluding carboxylic acids is 2. The van der Waals surface area contributed by atoms with Gasteiger partial charge in [-0.05, 0) is 63.5 Å². The molecule has 1 aromatic carbocycles. The molecule has 2 heterocycles. The number of hydrogen-bond acceptors (Lipinski definition) is 4. The largest absolute Gasteiger partial charge is 0.466 e. The summed E-state index contributed by atoms with van der Waals surface area (Å²) in [7, 11) is 0. The molecule has 6 heteroatoms. The molecule has 0 radical (unpaired) electrons. The van der Waals surface area contributed by atoms with Gasteiger partial charge < -0.3 is 15.0 Å². The van der Waals surface area contributed by atoms with Crippen molar-refractivity contribution in [2.75, 3.05) is 36.0 Å². The number of fused-ring (bicyclic) bond motifs is 3. The van der Waals surface area contributed by atoms with E-state index in [2.05, 4.69) is 22.3 Å². The van der Waals surface area contributed by atoms with Crippen LogP contribution in [-0.2, 0) is 9.53 Å². The van der Waals surface area contributed by atoms with Crippen molar-refractivity contribution in [2.24, 2.45) is 11.8 Å². The number of esters is 1. The van der Waals surface area contributed by atoms with Crippen molar-refractivity contribution >= 4 is 23.4 Å².